The molecule has 1 amide bonds. The molecule has 3 heterocycles. The molecule has 1 aliphatic rings. The SMILES string of the molecule is Cn1nccc1C(=O)N1CCOC(c2cc(CCOc3ccccc3Cl)[nH]n2)C1. The average Bonchev–Trinajstić information content (AvgIpc) is 3.38. The van der Waals surface area contributed by atoms with Crippen molar-refractivity contribution in [2.45, 2.75) is 12.5 Å². The first-order chi connectivity index (χ1) is 14.1. The number of hydrogen-bond acceptors (Lipinski definition) is 5. The van der Waals surface area contributed by atoms with Crippen molar-refractivity contribution in [1.29, 1.82) is 0 Å². The standard InChI is InChI=1S/C20H22ClN5O3/c1-25-17(6-8-22-25)20(27)26-9-11-29-19(13-26)16-12-14(23-24-16)7-10-28-18-5-3-2-4-15(18)21/h2-6,8,12,19H,7,9-11,13H2,1H3,(H,23,24). The van der Waals surface area contributed by atoms with Crippen LogP contribution >= 0.6 is 11.6 Å². The van der Waals surface area contributed by atoms with E-state index in [0.717, 1.165) is 11.4 Å². The van der Waals surface area contributed by atoms with Crippen LogP contribution in [0.4, 0.5) is 0 Å². The minimum Gasteiger partial charge on any atom is -0.492 e. The summed E-state index contributed by atoms with van der Waals surface area (Å²) in [5, 5.41) is 12.1. The molecule has 152 valence electrons. The van der Waals surface area contributed by atoms with Crippen molar-refractivity contribution < 1.29 is 14.3 Å². The highest BCUT2D eigenvalue weighted by atomic mass is 35.5. The number of aromatic amines is 1. The zero-order valence-electron chi connectivity index (χ0n) is 16.0. The number of H-pyrrole nitrogens is 1. The predicted molar refractivity (Wildman–Crippen MR) is 107 cm³/mol. The fourth-order valence-electron chi connectivity index (χ4n) is 3.26. The maximum atomic E-state index is 12.7. The van der Waals surface area contributed by atoms with Gasteiger partial charge in [0.25, 0.3) is 5.91 Å². The van der Waals surface area contributed by atoms with Gasteiger partial charge >= 0.3 is 0 Å². The number of morpholine rings is 1. The number of para-hydroxylation sites is 1. The summed E-state index contributed by atoms with van der Waals surface area (Å²) in [7, 11) is 1.76. The van der Waals surface area contributed by atoms with Crippen molar-refractivity contribution in [3.8, 4) is 5.75 Å². The summed E-state index contributed by atoms with van der Waals surface area (Å²) in [5.74, 6) is 0.607. The maximum Gasteiger partial charge on any atom is 0.272 e. The van der Waals surface area contributed by atoms with Gasteiger partial charge in [0.05, 0.1) is 30.5 Å². The summed E-state index contributed by atoms with van der Waals surface area (Å²) in [6, 6.07) is 11.1. The Bertz CT molecular complexity index is 986. The zero-order chi connectivity index (χ0) is 20.2. The van der Waals surface area contributed by atoms with Gasteiger partial charge in [0.1, 0.15) is 17.5 Å². The Morgan fingerprint density at radius 2 is 2.24 bits per heavy atom. The molecule has 0 spiro atoms. The second-order valence-electron chi connectivity index (χ2n) is 6.80. The van der Waals surface area contributed by atoms with Crippen LogP contribution in [-0.2, 0) is 18.2 Å². The number of hydrogen-bond donors (Lipinski definition) is 1. The second kappa shape index (κ2) is 8.67. The van der Waals surface area contributed by atoms with Crippen LogP contribution in [0, 0.1) is 0 Å². The second-order valence-corrected chi connectivity index (χ2v) is 7.20. The highest BCUT2D eigenvalue weighted by molar-refractivity contribution is 6.32. The summed E-state index contributed by atoms with van der Waals surface area (Å²) in [6.45, 7) is 1.93. The molecule has 9 heteroatoms. The van der Waals surface area contributed by atoms with E-state index in [0.29, 0.717) is 49.2 Å². The number of aryl methyl sites for hydroxylation is 1. The summed E-state index contributed by atoms with van der Waals surface area (Å²) in [4.78, 5) is 14.5. The van der Waals surface area contributed by atoms with Gasteiger partial charge in [-0.2, -0.15) is 10.2 Å². The third kappa shape index (κ3) is 4.44. The fourth-order valence-corrected chi connectivity index (χ4v) is 3.45. The lowest BCUT2D eigenvalue weighted by atomic mass is 10.1. The molecule has 1 N–H and O–H groups in total. The van der Waals surface area contributed by atoms with E-state index >= 15 is 0 Å². The first kappa shape index (κ1) is 19.5. The molecule has 1 fully saturated rings. The van der Waals surface area contributed by atoms with Crippen molar-refractivity contribution in [1.82, 2.24) is 24.9 Å². The molecule has 1 saturated heterocycles. The van der Waals surface area contributed by atoms with Gasteiger partial charge in [-0.05, 0) is 24.3 Å². The van der Waals surface area contributed by atoms with E-state index in [1.165, 1.54) is 0 Å². The molecule has 2 aromatic heterocycles. The van der Waals surface area contributed by atoms with Crippen LogP contribution in [0.2, 0.25) is 5.02 Å². The lowest BCUT2D eigenvalue weighted by molar-refractivity contribution is -0.0250. The zero-order valence-corrected chi connectivity index (χ0v) is 16.8. The van der Waals surface area contributed by atoms with Gasteiger partial charge in [-0.1, -0.05) is 23.7 Å². The fraction of sp³-hybridized carbons (Fsp3) is 0.350. The molecule has 1 aliphatic heterocycles. The Kier molecular flexibility index (Phi) is 5.82. The number of benzene rings is 1. The van der Waals surface area contributed by atoms with Gasteiger partial charge in [-0.3, -0.25) is 14.6 Å². The third-order valence-corrected chi connectivity index (χ3v) is 5.15. The third-order valence-electron chi connectivity index (χ3n) is 4.84. The summed E-state index contributed by atoms with van der Waals surface area (Å²) in [5.41, 5.74) is 2.27. The minimum absolute atomic E-state index is 0.0535. The monoisotopic (exact) mass is 415 g/mol. The largest absolute Gasteiger partial charge is 0.492 e. The number of ether oxygens (including phenoxy) is 2. The van der Waals surface area contributed by atoms with E-state index in [4.69, 9.17) is 21.1 Å². The Hall–Kier alpha value is -2.84. The van der Waals surface area contributed by atoms with E-state index in [2.05, 4.69) is 15.3 Å². The molecule has 4 rings (SSSR count). The summed E-state index contributed by atoms with van der Waals surface area (Å²) >= 11 is 6.10. The lowest BCUT2D eigenvalue weighted by Gasteiger charge is -2.32. The smallest absolute Gasteiger partial charge is 0.272 e. The Balaban J connectivity index is 1.34. The molecule has 0 aliphatic carbocycles. The number of nitrogens with zero attached hydrogens (tertiary/aromatic N) is 4. The average molecular weight is 416 g/mol. The van der Waals surface area contributed by atoms with Crippen LogP contribution in [0.1, 0.15) is 28.0 Å². The molecule has 0 bridgehead atoms. The summed E-state index contributed by atoms with van der Waals surface area (Å²) < 4.78 is 13.2. The number of nitrogens with one attached hydrogen (secondary N) is 1. The molecule has 1 atom stereocenters. The first-order valence-corrected chi connectivity index (χ1v) is 9.80. The lowest BCUT2D eigenvalue weighted by Crippen LogP contribution is -2.43. The topological polar surface area (TPSA) is 85.3 Å². The molecule has 1 aromatic carbocycles. The van der Waals surface area contributed by atoms with E-state index in [-0.39, 0.29) is 12.0 Å². The number of halogens is 1. The van der Waals surface area contributed by atoms with Gasteiger partial charge in [-0.25, -0.2) is 0 Å². The number of rotatable bonds is 6. The van der Waals surface area contributed by atoms with Crippen LogP contribution < -0.4 is 4.74 Å². The number of carbonyl (C=O) groups excluding carboxylic acids is 1. The van der Waals surface area contributed by atoms with Crippen molar-refractivity contribution in [2.75, 3.05) is 26.3 Å². The summed E-state index contributed by atoms with van der Waals surface area (Å²) in [6.07, 6.45) is 2.01. The Labute approximate surface area is 173 Å². The number of aromatic nitrogens is 4. The van der Waals surface area contributed by atoms with E-state index in [1.807, 2.05) is 24.3 Å². The van der Waals surface area contributed by atoms with E-state index in [1.54, 1.807) is 35.0 Å². The van der Waals surface area contributed by atoms with Crippen LogP contribution in [0.25, 0.3) is 0 Å². The normalized spacial score (nSPS) is 16.8. The molecular formula is C20H22ClN5O3. The van der Waals surface area contributed by atoms with Crippen molar-refractivity contribution in [2.24, 2.45) is 7.05 Å². The van der Waals surface area contributed by atoms with Crippen molar-refractivity contribution in [3.63, 3.8) is 0 Å². The van der Waals surface area contributed by atoms with Gasteiger partial charge in [0, 0.05) is 31.9 Å². The van der Waals surface area contributed by atoms with Gasteiger partial charge in [0.15, 0.2) is 0 Å². The van der Waals surface area contributed by atoms with Crippen molar-refractivity contribution >= 4 is 17.5 Å². The quantitative estimate of drug-likeness (QED) is 0.669. The molecule has 0 radical (unpaired) electrons. The van der Waals surface area contributed by atoms with Crippen LogP contribution in [0.15, 0.2) is 42.6 Å². The predicted octanol–water partition coefficient (Wildman–Crippen LogP) is 2.63. The van der Waals surface area contributed by atoms with Crippen LogP contribution in [0.5, 0.6) is 5.75 Å². The highest BCUT2D eigenvalue weighted by Crippen LogP contribution is 2.24. The maximum absolute atomic E-state index is 12.7. The number of carbonyl (C=O) groups is 1. The van der Waals surface area contributed by atoms with Gasteiger partial charge in [-0.15, -0.1) is 0 Å². The van der Waals surface area contributed by atoms with Gasteiger partial charge in [0.2, 0.25) is 0 Å². The Morgan fingerprint density at radius 1 is 1.38 bits per heavy atom. The molecular weight excluding hydrogens is 394 g/mol. The highest BCUT2D eigenvalue weighted by Gasteiger charge is 2.28. The van der Waals surface area contributed by atoms with Crippen molar-refractivity contribution in [3.05, 3.63) is 64.7 Å². The molecule has 29 heavy (non-hydrogen) atoms. The van der Waals surface area contributed by atoms with E-state index < -0.39 is 0 Å². The van der Waals surface area contributed by atoms with Crippen LogP contribution in [-0.4, -0.2) is 57.1 Å². The van der Waals surface area contributed by atoms with Crippen LogP contribution in [0.3, 0.4) is 0 Å². The Morgan fingerprint density at radius 3 is 3.03 bits per heavy atom. The molecule has 0 saturated carbocycles. The first-order valence-electron chi connectivity index (χ1n) is 9.42. The molecule has 1 unspecified atom stereocenters. The molecule has 8 nitrogen and oxygen atoms in total. The number of amides is 1. The van der Waals surface area contributed by atoms with E-state index in [9.17, 15) is 4.79 Å². The minimum atomic E-state index is -0.268. The molecule has 3 aromatic rings. The van der Waals surface area contributed by atoms with Gasteiger partial charge < -0.3 is 14.4 Å².